The molecule has 94 valence electrons. The maximum absolute atomic E-state index is 12.1. The summed E-state index contributed by atoms with van der Waals surface area (Å²) < 4.78 is 40.8. The van der Waals surface area contributed by atoms with Gasteiger partial charge in [-0.2, -0.15) is 13.2 Å². The molecule has 1 rings (SSSR count). The molecule has 0 aliphatic heterocycles. The molecule has 0 fully saturated rings. The molecule has 0 saturated heterocycles. The van der Waals surface area contributed by atoms with Gasteiger partial charge in [-0.15, -0.1) is 0 Å². The quantitative estimate of drug-likeness (QED) is 0.755. The molecule has 0 atom stereocenters. The van der Waals surface area contributed by atoms with Crippen molar-refractivity contribution in [1.29, 1.82) is 0 Å². The second kappa shape index (κ2) is 4.98. The van der Waals surface area contributed by atoms with E-state index < -0.39 is 18.7 Å². The third kappa shape index (κ3) is 3.89. The van der Waals surface area contributed by atoms with Crippen molar-refractivity contribution in [3.63, 3.8) is 0 Å². The topological polar surface area (TPSA) is 55.3 Å². The summed E-state index contributed by atoms with van der Waals surface area (Å²) in [5, 5.41) is 0. The Hall–Kier alpha value is -1.86. The summed E-state index contributed by atoms with van der Waals surface area (Å²) in [4.78, 5) is 19.3. The lowest BCUT2D eigenvalue weighted by Crippen LogP contribution is -2.31. The Morgan fingerprint density at radius 2 is 2.12 bits per heavy atom. The minimum Gasteiger partial charge on any atom is -0.464 e. The van der Waals surface area contributed by atoms with Gasteiger partial charge in [-0.25, -0.2) is 9.78 Å². The molecule has 8 heteroatoms. The normalized spacial score (nSPS) is 11.1. The van der Waals surface area contributed by atoms with Crippen LogP contribution in [-0.2, 0) is 4.74 Å². The molecule has 5 nitrogen and oxygen atoms in total. The monoisotopic (exact) mass is 249 g/mol. The largest absolute Gasteiger partial charge is 0.464 e. The molecular weight excluding hydrogens is 239 g/mol. The van der Waals surface area contributed by atoms with Crippen LogP contribution < -0.4 is 4.90 Å². The van der Waals surface area contributed by atoms with E-state index >= 15 is 0 Å². The smallest absolute Gasteiger partial charge is 0.405 e. The molecule has 1 aromatic heterocycles. The van der Waals surface area contributed by atoms with Gasteiger partial charge in [-0.1, -0.05) is 0 Å². The SMILES string of the molecule is COC(=O)c1cncc(N(C)CC(F)(F)F)n1. The lowest BCUT2D eigenvalue weighted by atomic mass is 10.4. The van der Waals surface area contributed by atoms with Crippen LogP contribution in [-0.4, -0.2) is 42.8 Å². The van der Waals surface area contributed by atoms with E-state index in [4.69, 9.17) is 0 Å². The van der Waals surface area contributed by atoms with E-state index in [9.17, 15) is 18.0 Å². The van der Waals surface area contributed by atoms with Gasteiger partial charge in [0.15, 0.2) is 5.69 Å². The van der Waals surface area contributed by atoms with E-state index in [1.165, 1.54) is 7.05 Å². The van der Waals surface area contributed by atoms with E-state index in [1.807, 2.05) is 0 Å². The molecule has 0 unspecified atom stereocenters. The van der Waals surface area contributed by atoms with E-state index in [-0.39, 0.29) is 11.5 Å². The van der Waals surface area contributed by atoms with Gasteiger partial charge >= 0.3 is 12.1 Å². The number of aromatic nitrogens is 2. The highest BCUT2D eigenvalue weighted by atomic mass is 19.4. The van der Waals surface area contributed by atoms with Crippen LogP contribution >= 0.6 is 0 Å². The number of hydrogen-bond acceptors (Lipinski definition) is 5. The predicted molar refractivity (Wildman–Crippen MR) is 52.7 cm³/mol. The Morgan fingerprint density at radius 1 is 1.47 bits per heavy atom. The number of ether oxygens (including phenoxy) is 1. The summed E-state index contributed by atoms with van der Waals surface area (Å²) in [6.07, 6.45) is -2.09. The number of halogens is 3. The Bertz CT molecular complexity index is 409. The fourth-order valence-corrected chi connectivity index (χ4v) is 1.09. The standard InChI is InChI=1S/C9H10F3N3O2/c1-15(5-9(10,11)12)7-4-13-3-6(14-7)8(16)17-2/h3-4H,5H2,1-2H3. The number of alkyl halides is 3. The molecule has 0 aliphatic rings. The van der Waals surface area contributed by atoms with Crippen LogP contribution in [0.3, 0.4) is 0 Å². The van der Waals surface area contributed by atoms with Crippen LogP contribution in [0.25, 0.3) is 0 Å². The van der Waals surface area contributed by atoms with E-state index in [2.05, 4.69) is 14.7 Å². The molecule has 1 aromatic rings. The molecule has 0 amide bonds. The average molecular weight is 249 g/mol. The van der Waals surface area contributed by atoms with Crippen LogP contribution in [0.5, 0.6) is 0 Å². The first-order valence-corrected chi connectivity index (χ1v) is 4.52. The molecule has 0 radical (unpaired) electrons. The minimum absolute atomic E-state index is 0.0507. The van der Waals surface area contributed by atoms with E-state index in [0.29, 0.717) is 0 Å². The van der Waals surface area contributed by atoms with Gasteiger partial charge in [0, 0.05) is 7.05 Å². The zero-order chi connectivity index (χ0) is 13.1. The van der Waals surface area contributed by atoms with E-state index in [0.717, 1.165) is 24.4 Å². The number of carbonyl (C=O) groups is 1. The van der Waals surface area contributed by atoms with Crippen LogP contribution in [0.1, 0.15) is 10.5 Å². The maximum Gasteiger partial charge on any atom is 0.405 e. The van der Waals surface area contributed by atoms with Crippen LogP contribution in [0, 0.1) is 0 Å². The van der Waals surface area contributed by atoms with Crippen molar-refractivity contribution in [3.8, 4) is 0 Å². The first-order valence-electron chi connectivity index (χ1n) is 4.52. The van der Waals surface area contributed by atoms with Gasteiger partial charge in [0.1, 0.15) is 12.4 Å². The maximum atomic E-state index is 12.1. The Labute approximate surface area is 95.2 Å². The predicted octanol–water partition coefficient (Wildman–Crippen LogP) is 1.26. The number of methoxy groups -OCH3 is 1. The Morgan fingerprint density at radius 3 is 2.65 bits per heavy atom. The summed E-state index contributed by atoms with van der Waals surface area (Å²) in [6.45, 7) is -1.17. The van der Waals surface area contributed by atoms with Gasteiger partial charge in [0.2, 0.25) is 0 Å². The average Bonchev–Trinajstić information content (AvgIpc) is 2.26. The van der Waals surface area contributed by atoms with Gasteiger partial charge in [-0.3, -0.25) is 4.98 Å². The number of anilines is 1. The van der Waals surface area contributed by atoms with Crippen molar-refractivity contribution >= 4 is 11.8 Å². The van der Waals surface area contributed by atoms with Crippen LogP contribution in [0.15, 0.2) is 12.4 Å². The van der Waals surface area contributed by atoms with Crippen LogP contribution in [0.4, 0.5) is 19.0 Å². The van der Waals surface area contributed by atoms with E-state index in [1.54, 1.807) is 0 Å². The minimum atomic E-state index is -4.35. The number of nitrogens with zero attached hydrogens (tertiary/aromatic N) is 3. The highest BCUT2D eigenvalue weighted by Crippen LogP contribution is 2.18. The number of esters is 1. The molecule has 0 saturated carbocycles. The van der Waals surface area contributed by atoms with Crippen molar-refractivity contribution in [3.05, 3.63) is 18.1 Å². The zero-order valence-corrected chi connectivity index (χ0v) is 9.15. The van der Waals surface area contributed by atoms with Crippen molar-refractivity contribution in [2.24, 2.45) is 0 Å². The van der Waals surface area contributed by atoms with Crippen molar-refractivity contribution in [1.82, 2.24) is 9.97 Å². The van der Waals surface area contributed by atoms with Crippen molar-refractivity contribution < 1.29 is 22.7 Å². The third-order valence-corrected chi connectivity index (χ3v) is 1.82. The van der Waals surface area contributed by atoms with Crippen LogP contribution in [0.2, 0.25) is 0 Å². The molecule has 0 aliphatic carbocycles. The van der Waals surface area contributed by atoms with Gasteiger partial charge in [0.05, 0.1) is 19.5 Å². The zero-order valence-electron chi connectivity index (χ0n) is 9.15. The van der Waals surface area contributed by atoms with Crippen molar-refractivity contribution in [2.75, 3.05) is 25.6 Å². The second-order valence-corrected chi connectivity index (χ2v) is 3.23. The third-order valence-electron chi connectivity index (χ3n) is 1.82. The fourth-order valence-electron chi connectivity index (χ4n) is 1.09. The number of carbonyl (C=O) groups excluding carboxylic acids is 1. The molecule has 0 aromatic carbocycles. The lowest BCUT2D eigenvalue weighted by molar-refractivity contribution is -0.119. The van der Waals surface area contributed by atoms with Gasteiger partial charge < -0.3 is 9.64 Å². The Kier molecular flexibility index (Phi) is 3.87. The molecule has 1 heterocycles. The second-order valence-electron chi connectivity index (χ2n) is 3.23. The summed E-state index contributed by atoms with van der Waals surface area (Å²) >= 11 is 0. The lowest BCUT2D eigenvalue weighted by Gasteiger charge is -2.19. The number of hydrogen-bond donors (Lipinski definition) is 0. The highest BCUT2D eigenvalue weighted by molar-refractivity contribution is 5.87. The molecule has 17 heavy (non-hydrogen) atoms. The fraction of sp³-hybridized carbons (Fsp3) is 0.444. The molecule has 0 bridgehead atoms. The van der Waals surface area contributed by atoms with Gasteiger partial charge in [-0.05, 0) is 0 Å². The first-order chi connectivity index (χ1) is 7.83. The first kappa shape index (κ1) is 13.2. The Balaban J connectivity index is 2.88. The summed E-state index contributed by atoms with van der Waals surface area (Å²) in [7, 11) is 2.36. The van der Waals surface area contributed by atoms with Gasteiger partial charge in [0.25, 0.3) is 0 Å². The number of rotatable bonds is 3. The molecular formula is C9H10F3N3O2. The summed E-state index contributed by atoms with van der Waals surface area (Å²) in [6, 6.07) is 0. The molecule has 0 spiro atoms. The summed E-state index contributed by atoms with van der Waals surface area (Å²) in [5.41, 5.74) is -0.140. The summed E-state index contributed by atoms with van der Waals surface area (Å²) in [5.74, 6) is -0.801. The van der Waals surface area contributed by atoms with Crippen molar-refractivity contribution in [2.45, 2.75) is 6.18 Å². The highest BCUT2D eigenvalue weighted by Gasteiger charge is 2.30. The molecule has 0 N–H and O–H groups in total.